The molecule has 0 spiro atoms. The number of nitrogens with zero attached hydrogens (tertiary/aromatic N) is 3. The number of aromatic nitrogens is 3. The molecule has 3 aromatic rings. The molecular formula is C21H22ClF3N5O2+. The minimum absolute atomic E-state index is 0.0904. The number of fused-ring (bicyclic) bond motifs is 1. The molecule has 2 aromatic heterocycles. The summed E-state index contributed by atoms with van der Waals surface area (Å²) in [7, 11) is 0. The summed E-state index contributed by atoms with van der Waals surface area (Å²) in [5.41, 5.74) is -0.975. The molecule has 0 bridgehead atoms. The maximum Gasteiger partial charge on any atom is 0.433 e. The number of amides is 1. The summed E-state index contributed by atoms with van der Waals surface area (Å²) in [6.07, 6.45) is -4.00. The summed E-state index contributed by atoms with van der Waals surface area (Å²) >= 11 is 6.28. The molecule has 0 radical (unpaired) electrons. The van der Waals surface area contributed by atoms with Crippen LogP contribution in [0.25, 0.3) is 16.9 Å². The van der Waals surface area contributed by atoms with E-state index in [2.05, 4.69) is 15.4 Å². The van der Waals surface area contributed by atoms with Crippen LogP contribution < -0.4 is 10.2 Å². The number of alkyl halides is 3. The van der Waals surface area contributed by atoms with Gasteiger partial charge in [0.2, 0.25) is 0 Å². The van der Waals surface area contributed by atoms with Crippen molar-refractivity contribution in [2.24, 2.45) is 0 Å². The molecular weight excluding hydrogens is 447 g/mol. The van der Waals surface area contributed by atoms with E-state index in [-0.39, 0.29) is 22.1 Å². The number of carbonyl (C=O) groups is 1. The van der Waals surface area contributed by atoms with Gasteiger partial charge in [-0.2, -0.15) is 18.3 Å². The molecule has 1 aliphatic rings. The Morgan fingerprint density at radius 2 is 1.94 bits per heavy atom. The fourth-order valence-electron chi connectivity index (χ4n) is 3.63. The number of halogens is 4. The van der Waals surface area contributed by atoms with Gasteiger partial charge in [-0.1, -0.05) is 41.9 Å². The number of benzene rings is 1. The summed E-state index contributed by atoms with van der Waals surface area (Å²) in [4.78, 5) is 18.2. The van der Waals surface area contributed by atoms with Crippen molar-refractivity contribution in [1.29, 1.82) is 0 Å². The summed E-state index contributed by atoms with van der Waals surface area (Å²) in [6.45, 7) is 4.50. The molecule has 32 heavy (non-hydrogen) atoms. The summed E-state index contributed by atoms with van der Waals surface area (Å²) in [5.74, 6) is -0.633. The molecule has 2 N–H and O–H groups in total. The minimum atomic E-state index is -4.71. The van der Waals surface area contributed by atoms with Crippen molar-refractivity contribution in [3.8, 4) is 11.3 Å². The quantitative estimate of drug-likeness (QED) is 0.543. The highest BCUT2D eigenvalue weighted by atomic mass is 35.5. The number of nitrogens with one attached hydrogen (secondary N) is 2. The van der Waals surface area contributed by atoms with Crippen LogP contribution in [0.3, 0.4) is 0 Å². The number of ether oxygens (including phenoxy) is 1. The van der Waals surface area contributed by atoms with E-state index in [1.165, 1.54) is 4.90 Å². The Bertz CT molecular complexity index is 1100. The molecule has 0 saturated carbocycles. The van der Waals surface area contributed by atoms with Crippen molar-refractivity contribution in [1.82, 2.24) is 19.9 Å². The molecule has 1 fully saturated rings. The standard InChI is InChI=1S/C21H21ClF3N5O2/c22-17-18(20(31)26-7-4-8-29-9-11-32-12-10-29)28-30-16(21(23,24)25)13-15(27-19(17)30)14-5-2-1-3-6-14/h1-3,5-6,13H,4,7-12H2,(H,26,31)/p+1. The first kappa shape index (κ1) is 22.5. The Balaban J connectivity index is 1.57. The van der Waals surface area contributed by atoms with Crippen LogP contribution in [0.5, 0.6) is 0 Å². The Kier molecular flexibility index (Phi) is 6.63. The van der Waals surface area contributed by atoms with Crippen LogP contribution in [0, 0.1) is 0 Å². The molecule has 1 aromatic carbocycles. The van der Waals surface area contributed by atoms with Gasteiger partial charge in [0.05, 0.1) is 25.5 Å². The first-order valence-electron chi connectivity index (χ1n) is 10.3. The number of hydrogen-bond donors (Lipinski definition) is 2. The fraction of sp³-hybridized carbons (Fsp3) is 0.381. The molecule has 0 atom stereocenters. The van der Waals surface area contributed by atoms with E-state index in [9.17, 15) is 18.0 Å². The van der Waals surface area contributed by atoms with Crippen molar-refractivity contribution in [3.05, 3.63) is 52.8 Å². The summed E-state index contributed by atoms with van der Waals surface area (Å²) in [5, 5.41) is 6.32. The van der Waals surface area contributed by atoms with Crippen LogP contribution in [0.4, 0.5) is 13.2 Å². The number of hydrogen-bond acceptors (Lipinski definition) is 4. The first-order chi connectivity index (χ1) is 15.3. The van der Waals surface area contributed by atoms with Crippen molar-refractivity contribution in [2.75, 3.05) is 39.4 Å². The minimum Gasteiger partial charge on any atom is -0.370 e. The zero-order valence-corrected chi connectivity index (χ0v) is 17.8. The molecule has 11 heteroatoms. The van der Waals surface area contributed by atoms with Crippen molar-refractivity contribution < 1.29 is 27.6 Å². The lowest BCUT2D eigenvalue weighted by molar-refractivity contribution is -0.908. The highest BCUT2D eigenvalue weighted by molar-refractivity contribution is 6.36. The van der Waals surface area contributed by atoms with E-state index in [0.717, 1.165) is 45.3 Å². The second-order valence-corrected chi connectivity index (χ2v) is 7.89. The smallest absolute Gasteiger partial charge is 0.370 e. The van der Waals surface area contributed by atoms with E-state index in [0.29, 0.717) is 16.6 Å². The molecule has 170 valence electrons. The predicted molar refractivity (Wildman–Crippen MR) is 112 cm³/mol. The molecule has 7 nitrogen and oxygen atoms in total. The Morgan fingerprint density at radius 1 is 1.22 bits per heavy atom. The molecule has 1 amide bonds. The molecule has 0 unspecified atom stereocenters. The lowest BCUT2D eigenvalue weighted by Gasteiger charge is -2.23. The van der Waals surface area contributed by atoms with Gasteiger partial charge in [0, 0.05) is 18.5 Å². The third-order valence-corrected chi connectivity index (χ3v) is 5.65. The maximum atomic E-state index is 13.7. The molecule has 4 rings (SSSR count). The second-order valence-electron chi connectivity index (χ2n) is 7.51. The van der Waals surface area contributed by atoms with Gasteiger partial charge in [0.15, 0.2) is 17.0 Å². The Labute approximate surface area is 187 Å². The summed E-state index contributed by atoms with van der Waals surface area (Å²) in [6, 6.07) is 9.34. The largest absolute Gasteiger partial charge is 0.433 e. The van der Waals surface area contributed by atoms with Crippen molar-refractivity contribution in [2.45, 2.75) is 12.6 Å². The van der Waals surface area contributed by atoms with Gasteiger partial charge in [0.25, 0.3) is 5.91 Å². The van der Waals surface area contributed by atoms with Crippen LogP contribution in [0.15, 0.2) is 36.4 Å². The van der Waals surface area contributed by atoms with Gasteiger partial charge in [-0.25, -0.2) is 9.50 Å². The van der Waals surface area contributed by atoms with Crippen LogP contribution in [-0.4, -0.2) is 59.9 Å². The number of quaternary nitrogens is 1. The summed E-state index contributed by atoms with van der Waals surface area (Å²) < 4.78 is 47.1. The predicted octanol–water partition coefficient (Wildman–Crippen LogP) is 2.10. The highest BCUT2D eigenvalue weighted by Gasteiger charge is 2.36. The second kappa shape index (κ2) is 9.43. The zero-order valence-electron chi connectivity index (χ0n) is 17.1. The van der Waals surface area contributed by atoms with E-state index in [1.807, 2.05) is 0 Å². The molecule has 3 heterocycles. The maximum absolute atomic E-state index is 13.7. The van der Waals surface area contributed by atoms with Gasteiger partial charge in [-0.15, -0.1) is 0 Å². The lowest BCUT2D eigenvalue weighted by Crippen LogP contribution is -3.14. The van der Waals surface area contributed by atoms with Crippen LogP contribution >= 0.6 is 11.6 Å². The average Bonchev–Trinajstić information content (AvgIpc) is 3.13. The van der Waals surface area contributed by atoms with Crippen LogP contribution in [-0.2, 0) is 10.9 Å². The van der Waals surface area contributed by atoms with E-state index in [4.69, 9.17) is 16.3 Å². The fourth-order valence-corrected chi connectivity index (χ4v) is 3.88. The number of carbonyl (C=O) groups excluding carboxylic acids is 1. The third kappa shape index (κ3) is 4.87. The molecule has 0 aliphatic carbocycles. The SMILES string of the molecule is O=C(NCCC[NH+]1CCOCC1)c1nn2c(C(F)(F)F)cc(-c3ccccc3)nc2c1Cl. The average molecular weight is 469 g/mol. The van der Waals surface area contributed by atoms with Crippen LogP contribution in [0.1, 0.15) is 22.6 Å². The third-order valence-electron chi connectivity index (χ3n) is 5.30. The number of morpholine rings is 1. The van der Waals surface area contributed by atoms with Crippen molar-refractivity contribution >= 4 is 23.2 Å². The van der Waals surface area contributed by atoms with Gasteiger partial charge in [-0.05, 0) is 6.07 Å². The molecule has 1 saturated heterocycles. The van der Waals surface area contributed by atoms with Gasteiger partial charge in [-0.3, -0.25) is 4.79 Å². The van der Waals surface area contributed by atoms with Gasteiger partial charge >= 0.3 is 6.18 Å². The van der Waals surface area contributed by atoms with E-state index in [1.54, 1.807) is 30.3 Å². The Morgan fingerprint density at radius 3 is 2.62 bits per heavy atom. The van der Waals surface area contributed by atoms with E-state index >= 15 is 0 Å². The lowest BCUT2D eigenvalue weighted by atomic mass is 10.1. The highest BCUT2D eigenvalue weighted by Crippen LogP contribution is 2.34. The normalized spacial score (nSPS) is 15.2. The molecule has 1 aliphatic heterocycles. The number of rotatable bonds is 6. The van der Waals surface area contributed by atoms with Crippen LogP contribution in [0.2, 0.25) is 5.02 Å². The monoisotopic (exact) mass is 468 g/mol. The van der Waals surface area contributed by atoms with Gasteiger partial charge in [0.1, 0.15) is 18.1 Å². The van der Waals surface area contributed by atoms with Gasteiger partial charge < -0.3 is 15.0 Å². The topological polar surface area (TPSA) is 73.0 Å². The van der Waals surface area contributed by atoms with E-state index < -0.39 is 17.8 Å². The van der Waals surface area contributed by atoms with Crippen molar-refractivity contribution in [3.63, 3.8) is 0 Å². The first-order valence-corrected chi connectivity index (χ1v) is 10.6. The Hall–Kier alpha value is -2.69. The zero-order chi connectivity index (χ0) is 22.7.